The van der Waals surface area contributed by atoms with Gasteiger partial charge in [-0.2, -0.15) is 4.89 Å². The molecule has 0 heterocycles. The SMILES string of the molecule is CCC(OC)C(=O)OOC. The Kier molecular flexibility index (Phi) is 4.88. The lowest BCUT2D eigenvalue weighted by Crippen LogP contribution is -2.24. The fourth-order valence-corrected chi connectivity index (χ4v) is 0.565. The summed E-state index contributed by atoms with van der Waals surface area (Å²) in [5, 5.41) is 0. The van der Waals surface area contributed by atoms with Crippen molar-refractivity contribution in [2.45, 2.75) is 19.4 Å². The third-order valence-corrected chi connectivity index (χ3v) is 1.08. The van der Waals surface area contributed by atoms with Crippen molar-refractivity contribution in [2.24, 2.45) is 0 Å². The average Bonchev–Trinajstić information content (AvgIpc) is 1.91. The first-order valence-corrected chi connectivity index (χ1v) is 3.03. The molecule has 0 aliphatic carbocycles. The van der Waals surface area contributed by atoms with Crippen LogP contribution in [0.15, 0.2) is 0 Å². The van der Waals surface area contributed by atoms with Crippen molar-refractivity contribution in [3.05, 3.63) is 0 Å². The van der Waals surface area contributed by atoms with E-state index in [1.165, 1.54) is 14.2 Å². The fraction of sp³-hybridized carbons (Fsp3) is 0.833. The monoisotopic (exact) mass is 148 g/mol. The molecule has 1 atom stereocenters. The highest BCUT2D eigenvalue weighted by molar-refractivity contribution is 5.73. The quantitative estimate of drug-likeness (QED) is 0.430. The van der Waals surface area contributed by atoms with E-state index in [1.54, 1.807) is 0 Å². The van der Waals surface area contributed by atoms with E-state index < -0.39 is 12.1 Å². The molecule has 0 N–H and O–H groups in total. The maximum Gasteiger partial charge on any atom is 0.370 e. The van der Waals surface area contributed by atoms with Crippen LogP contribution in [-0.2, 0) is 19.3 Å². The van der Waals surface area contributed by atoms with Crippen LogP contribution in [0.1, 0.15) is 13.3 Å². The molecular weight excluding hydrogens is 136 g/mol. The van der Waals surface area contributed by atoms with Crippen LogP contribution in [0.4, 0.5) is 0 Å². The highest BCUT2D eigenvalue weighted by Crippen LogP contribution is 1.98. The number of hydrogen-bond acceptors (Lipinski definition) is 4. The molecule has 10 heavy (non-hydrogen) atoms. The lowest BCUT2D eigenvalue weighted by atomic mass is 10.3. The Hall–Kier alpha value is -0.610. The third kappa shape index (κ3) is 2.80. The smallest absolute Gasteiger partial charge is 0.370 e. The molecule has 0 spiro atoms. The molecule has 0 rings (SSSR count). The van der Waals surface area contributed by atoms with Crippen LogP contribution in [-0.4, -0.2) is 26.3 Å². The van der Waals surface area contributed by atoms with E-state index in [9.17, 15) is 4.79 Å². The van der Waals surface area contributed by atoms with Crippen LogP contribution in [0.5, 0.6) is 0 Å². The van der Waals surface area contributed by atoms with Gasteiger partial charge < -0.3 is 4.74 Å². The van der Waals surface area contributed by atoms with E-state index in [1.807, 2.05) is 6.92 Å². The summed E-state index contributed by atoms with van der Waals surface area (Å²) in [5.41, 5.74) is 0. The van der Waals surface area contributed by atoms with Gasteiger partial charge in [-0.15, -0.1) is 0 Å². The van der Waals surface area contributed by atoms with Crippen LogP contribution in [0.3, 0.4) is 0 Å². The molecule has 0 amide bonds. The standard InChI is InChI=1S/C6H12O4/c1-4-5(8-2)6(7)10-9-3/h5H,4H2,1-3H3. The first kappa shape index (κ1) is 9.39. The zero-order valence-electron chi connectivity index (χ0n) is 6.42. The Labute approximate surface area is 60.0 Å². The predicted octanol–water partition coefficient (Wildman–Crippen LogP) is 0.516. The number of rotatable bonds is 4. The van der Waals surface area contributed by atoms with Gasteiger partial charge in [0.2, 0.25) is 0 Å². The van der Waals surface area contributed by atoms with Crippen LogP contribution in [0.25, 0.3) is 0 Å². The molecule has 0 saturated carbocycles. The normalized spacial score (nSPS) is 12.7. The van der Waals surface area contributed by atoms with Crippen LogP contribution < -0.4 is 0 Å². The van der Waals surface area contributed by atoms with Gasteiger partial charge in [0.1, 0.15) is 0 Å². The molecule has 0 radical (unpaired) electrons. The molecule has 0 aromatic rings. The molecule has 0 aliphatic heterocycles. The maximum absolute atomic E-state index is 10.7. The third-order valence-electron chi connectivity index (χ3n) is 1.08. The molecule has 0 aromatic heterocycles. The molecule has 1 unspecified atom stereocenters. The van der Waals surface area contributed by atoms with Crippen molar-refractivity contribution in [3.8, 4) is 0 Å². The molecular formula is C6H12O4. The van der Waals surface area contributed by atoms with E-state index in [-0.39, 0.29) is 0 Å². The van der Waals surface area contributed by atoms with Crippen molar-refractivity contribution >= 4 is 5.97 Å². The highest BCUT2D eigenvalue weighted by Gasteiger charge is 2.17. The van der Waals surface area contributed by atoms with Crippen molar-refractivity contribution in [3.63, 3.8) is 0 Å². The minimum Gasteiger partial charge on any atom is -0.370 e. The molecule has 0 fully saturated rings. The van der Waals surface area contributed by atoms with Crippen molar-refractivity contribution in [1.29, 1.82) is 0 Å². The van der Waals surface area contributed by atoms with Gasteiger partial charge in [0.15, 0.2) is 6.10 Å². The van der Waals surface area contributed by atoms with Gasteiger partial charge in [-0.25, -0.2) is 4.79 Å². The average molecular weight is 148 g/mol. The molecule has 0 aromatic carbocycles. The topological polar surface area (TPSA) is 44.8 Å². The number of methoxy groups -OCH3 is 1. The van der Waals surface area contributed by atoms with E-state index in [0.717, 1.165) is 0 Å². The van der Waals surface area contributed by atoms with Gasteiger partial charge in [0.25, 0.3) is 0 Å². The van der Waals surface area contributed by atoms with Crippen LogP contribution in [0, 0.1) is 0 Å². The van der Waals surface area contributed by atoms with Gasteiger partial charge in [0, 0.05) is 7.11 Å². The lowest BCUT2D eigenvalue weighted by Gasteiger charge is -2.08. The number of carbonyl (C=O) groups excluding carboxylic acids is 1. The second kappa shape index (κ2) is 5.20. The van der Waals surface area contributed by atoms with Crippen LogP contribution >= 0.6 is 0 Å². The zero-order chi connectivity index (χ0) is 7.98. The summed E-state index contributed by atoms with van der Waals surface area (Å²) in [4.78, 5) is 19.1. The number of hydrogen-bond donors (Lipinski definition) is 0. The first-order valence-electron chi connectivity index (χ1n) is 3.03. The van der Waals surface area contributed by atoms with Gasteiger partial charge in [0.05, 0.1) is 7.11 Å². The van der Waals surface area contributed by atoms with Crippen molar-refractivity contribution in [2.75, 3.05) is 14.2 Å². The summed E-state index contributed by atoms with van der Waals surface area (Å²) in [5.74, 6) is -0.493. The summed E-state index contributed by atoms with van der Waals surface area (Å²) in [6, 6.07) is 0. The summed E-state index contributed by atoms with van der Waals surface area (Å²) in [6.45, 7) is 1.82. The second-order valence-electron chi connectivity index (χ2n) is 1.70. The summed E-state index contributed by atoms with van der Waals surface area (Å²) < 4.78 is 4.76. The van der Waals surface area contributed by atoms with E-state index in [2.05, 4.69) is 9.78 Å². The van der Waals surface area contributed by atoms with Gasteiger partial charge >= 0.3 is 5.97 Å². The molecule has 60 valence electrons. The minimum absolute atomic E-state index is 0.493. The maximum atomic E-state index is 10.7. The molecule has 0 saturated heterocycles. The van der Waals surface area contributed by atoms with Crippen LogP contribution in [0.2, 0.25) is 0 Å². The Morgan fingerprint density at radius 1 is 1.50 bits per heavy atom. The summed E-state index contributed by atoms with van der Waals surface area (Å²) in [6.07, 6.45) is 0.0681. The molecule has 0 bridgehead atoms. The van der Waals surface area contributed by atoms with Gasteiger partial charge in [-0.05, 0) is 6.42 Å². The van der Waals surface area contributed by atoms with Gasteiger partial charge in [-0.1, -0.05) is 6.92 Å². The summed E-state index contributed by atoms with van der Waals surface area (Å²) in [7, 11) is 2.73. The minimum atomic E-state index is -0.514. The Balaban J connectivity index is 3.65. The van der Waals surface area contributed by atoms with E-state index in [4.69, 9.17) is 4.74 Å². The molecule has 4 heteroatoms. The largest absolute Gasteiger partial charge is 0.370 e. The van der Waals surface area contributed by atoms with Crippen molar-refractivity contribution < 1.29 is 19.3 Å². The Bertz CT molecular complexity index is 97.9. The van der Waals surface area contributed by atoms with Crippen molar-refractivity contribution in [1.82, 2.24) is 0 Å². The fourth-order valence-electron chi connectivity index (χ4n) is 0.565. The Morgan fingerprint density at radius 3 is 2.40 bits per heavy atom. The van der Waals surface area contributed by atoms with E-state index >= 15 is 0 Å². The molecule has 4 nitrogen and oxygen atoms in total. The van der Waals surface area contributed by atoms with Gasteiger partial charge in [-0.3, -0.25) is 4.89 Å². The second-order valence-corrected chi connectivity index (χ2v) is 1.70. The zero-order valence-corrected chi connectivity index (χ0v) is 6.42. The lowest BCUT2D eigenvalue weighted by molar-refractivity contribution is -0.263. The summed E-state index contributed by atoms with van der Waals surface area (Å²) >= 11 is 0. The predicted molar refractivity (Wildman–Crippen MR) is 34.2 cm³/mol. The molecule has 0 aliphatic rings. The Morgan fingerprint density at radius 2 is 2.10 bits per heavy atom. The highest BCUT2D eigenvalue weighted by atomic mass is 17.2. The van der Waals surface area contributed by atoms with E-state index in [0.29, 0.717) is 6.42 Å². The number of ether oxygens (including phenoxy) is 1. The number of carbonyl (C=O) groups is 1. The first-order chi connectivity index (χ1) is 4.76.